The molecule has 0 radical (unpaired) electrons. The van der Waals surface area contributed by atoms with Crippen LogP contribution in [0.1, 0.15) is 78.8 Å². The van der Waals surface area contributed by atoms with Crippen molar-refractivity contribution in [2.75, 3.05) is 0 Å². The summed E-state index contributed by atoms with van der Waals surface area (Å²) >= 11 is 3.60. The Morgan fingerprint density at radius 2 is 1.42 bits per heavy atom. The van der Waals surface area contributed by atoms with Gasteiger partial charge in [0.2, 0.25) is 0 Å². The lowest BCUT2D eigenvalue weighted by atomic mass is 9.87. The minimum atomic E-state index is -0.722. The molecule has 0 aliphatic heterocycles. The van der Waals surface area contributed by atoms with Gasteiger partial charge in [0.05, 0.1) is 11.3 Å². The lowest BCUT2D eigenvalue weighted by molar-refractivity contribution is -0.147. The molecule has 0 aromatic carbocycles. The van der Waals surface area contributed by atoms with E-state index in [0.29, 0.717) is 6.42 Å². The summed E-state index contributed by atoms with van der Waals surface area (Å²) in [6.07, 6.45) is 11.7. The van der Waals surface area contributed by atoms with Crippen LogP contribution in [0.5, 0.6) is 0 Å². The van der Waals surface area contributed by atoms with Crippen LogP contribution in [-0.2, 0) is 22.4 Å². The molecule has 170 valence electrons. The topological polar surface area (TPSA) is 74.6 Å². The number of carboxylic acid groups (broad SMARTS) is 2. The average molecular weight is 463 g/mol. The first-order chi connectivity index (χ1) is 14.7. The molecule has 2 rings (SSSR count). The van der Waals surface area contributed by atoms with Crippen LogP contribution >= 0.6 is 22.7 Å². The molecule has 1 unspecified atom stereocenters. The van der Waals surface area contributed by atoms with Crippen LogP contribution < -0.4 is 0 Å². The number of hydrogen-bond donors (Lipinski definition) is 2. The van der Waals surface area contributed by atoms with Crippen LogP contribution in [0.15, 0.2) is 24.3 Å². The molecule has 0 fully saturated rings. The highest BCUT2D eigenvalue weighted by molar-refractivity contribution is 7.13. The third-order valence-electron chi connectivity index (χ3n) is 5.56. The molecule has 4 nitrogen and oxygen atoms in total. The molecule has 2 heterocycles. The Labute approximate surface area is 193 Å². The first kappa shape index (κ1) is 25.3. The fourth-order valence-corrected chi connectivity index (χ4v) is 5.16. The van der Waals surface area contributed by atoms with Gasteiger partial charge >= 0.3 is 11.9 Å². The standard InChI is InChI=1S/C25H34O4S2/c1-18(23(26)27)8-4-5-9-19-11-13-21(30-19)15-16-22-14-12-20(31-22)10-6-7-17-25(2,3)24(28)29/h11-16,18H,4-10,17H2,1-3H3,(H,26,27)(H,28,29)/b16-15-. The van der Waals surface area contributed by atoms with Crippen molar-refractivity contribution in [2.24, 2.45) is 11.3 Å². The number of aryl methyl sites for hydroxylation is 2. The molecule has 0 spiro atoms. The van der Waals surface area contributed by atoms with E-state index in [0.717, 1.165) is 44.9 Å². The second-order valence-corrected chi connectivity index (χ2v) is 11.2. The highest BCUT2D eigenvalue weighted by atomic mass is 32.1. The number of rotatable bonds is 14. The third kappa shape index (κ3) is 8.99. The van der Waals surface area contributed by atoms with Gasteiger partial charge in [-0.1, -0.05) is 19.8 Å². The summed E-state index contributed by atoms with van der Waals surface area (Å²) in [6, 6.07) is 8.64. The maximum Gasteiger partial charge on any atom is 0.309 e. The van der Waals surface area contributed by atoms with Gasteiger partial charge in [-0.2, -0.15) is 0 Å². The largest absolute Gasteiger partial charge is 0.481 e. The van der Waals surface area contributed by atoms with E-state index < -0.39 is 17.4 Å². The first-order valence-electron chi connectivity index (χ1n) is 11.0. The maximum atomic E-state index is 11.2. The molecule has 2 N–H and O–H groups in total. The van der Waals surface area contributed by atoms with E-state index in [-0.39, 0.29) is 5.92 Å². The van der Waals surface area contributed by atoms with Gasteiger partial charge in [-0.3, -0.25) is 9.59 Å². The minimum absolute atomic E-state index is 0.255. The third-order valence-corrected chi connectivity index (χ3v) is 7.78. The number of unbranched alkanes of at least 4 members (excludes halogenated alkanes) is 2. The first-order valence-corrected chi connectivity index (χ1v) is 12.6. The Hall–Kier alpha value is -1.92. The van der Waals surface area contributed by atoms with Gasteiger partial charge in [-0.25, -0.2) is 0 Å². The zero-order chi connectivity index (χ0) is 22.9. The van der Waals surface area contributed by atoms with E-state index in [4.69, 9.17) is 5.11 Å². The number of carboxylic acids is 2. The summed E-state index contributed by atoms with van der Waals surface area (Å²) in [4.78, 5) is 27.2. The monoisotopic (exact) mass is 462 g/mol. The van der Waals surface area contributed by atoms with E-state index >= 15 is 0 Å². The Balaban J connectivity index is 1.73. The lowest BCUT2D eigenvalue weighted by Crippen LogP contribution is -2.23. The molecular weight excluding hydrogens is 428 g/mol. The van der Waals surface area contributed by atoms with Crippen molar-refractivity contribution >= 4 is 46.8 Å². The van der Waals surface area contributed by atoms with Crippen LogP contribution in [0.3, 0.4) is 0 Å². The molecule has 2 aromatic heterocycles. The molecule has 2 aromatic rings. The minimum Gasteiger partial charge on any atom is -0.481 e. The summed E-state index contributed by atoms with van der Waals surface area (Å²) in [6.45, 7) is 5.35. The van der Waals surface area contributed by atoms with Crippen LogP contribution in [0, 0.1) is 11.3 Å². The number of thiophene rings is 2. The number of carbonyl (C=O) groups is 2. The second-order valence-electron chi connectivity index (χ2n) is 8.82. The zero-order valence-corrected chi connectivity index (χ0v) is 20.4. The van der Waals surface area contributed by atoms with E-state index in [1.165, 1.54) is 19.5 Å². The average Bonchev–Trinajstić information content (AvgIpc) is 3.36. The van der Waals surface area contributed by atoms with Crippen molar-refractivity contribution in [3.63, 3.8) is 0 Å². The summed E-state index contributed by atoms with van der Waals surface area (Å²) in [5.41, 5.74) is -0.639. The van der Waals surface area contributed by atoms with E-state index in [1.54, 1.807) is 43.4 Å². The van der Waals surface area contributed by atoms with Gasteiger partial charge in [0.1, 0.15) is 0 Å². The van der Waals surface area contributed by atoms with E-state index in [1.807, 2.05) is 0 Å². The van der Waals surface area contributed by atoms with Crippen molar-refractivity contribution < 1.29 is 19.8 Å². The van der Waals surface area contributed by atoms with Crippen LogP contribution in [0.25, 0.3) is 12.2 Å². The molecule has 0 saturated carbocycles. The molecule has 0 amide bonds. The quantitative estimate of drug-likeness (QED) is 0.290. The van der Waals surface area contributed by atoms with Crippen LogP contribution in [0.2, 0.25) is 0 Å². The van der Waals surface area contributed by atoms with Gasteiger partial charge in [-0.15, -0.1) is 22.7 Å². The predicted molar refractivity (Wildman–Crippen MR) is 131 cm³/mol. The highest BCUT2D eigenvalue weighted by Gasteiger charge is 2.25. The van der Waals surface area contributed by atoms with Crippen molar-refractivity contribution in [2.45, 2.75) is 72.1 Å². The molecule has 0 aliphatic carbocycles. The zero-order valence-electron chi connectivity index (χ0n) is 18.7. The Morgan fingerprint density at radius 3 is 1.90 bits per heavy atom. The van der Waals surface area contributed by atoms with Crippen LogP contribution in [-0.4, -0.2) is 22.2 Å². The van der Waals surface area contributed by atoms with E-state index in [2.05, 4.69) is 36.4 Å². The summed E-state index contributed by atoms with van der Waals surface area (Å²) in [7, 11) is 0. The smallest absolute Gasteiger partial charge is 0.309 e. The van der Waals surface area contributed by atoms with Crippen molar-refractivity contribution in [1.29, 1.82) is 0 Å². The Kier molecular flexibility index (Phi) is 9.97. The molecule has 0 saturated heterocycles. The fraction of sp³-hybridized carbons (Fsp3) is 0.520. The van der Waals surface area contributed by atoms with Crippen molar-refractivity contribution in [3.05, 3.63) is 43.8 Å². The maximum absolute atomic E-state index is 11.2. The van der Waals surface area contributed by atoms with Gasteiger partial charge in [0.15, 0.2) is 0 Å². The number of hydrogen-bond acceptors (Lipinski definition) is 4. The summed E-state index contributed by atoms with van der Waals surface area (Å²) in [5.74, 6) is -1.68. The summed E-state index contributed by atoms with van der Waals surface area (Å²) < 4.78 is 0. The molecule has 0 bridgehead atoms. The Morgan fingerprint density at radius 1 is 0.903 bits per heavy atom. The molecule has 6 heteroatoms. The second kappa shape index (κ2) is 12.2. The molecule has 31 heavy (non-hydrogen) atoms. The van der Waals surface area contributed by atoms with Crippen LogP contribution in [0.4, 0.5) is 0 Å². The fourth-order valence-electron chi connectivity index (χ4n) is 3.25. The van der Waals surface area contributed by atoms with Crippen molar-refractivity contribution in [1.82, 2.24) is 0 Å². The number of aliphatic carboxylic acids is 2. The Bertz CT molecular complexity index is 876. The van der Waals surface area contributed by atoms with Gasteiger partial charge < -0.3 is 10.2 Å². The normalized spacial score (nSPS) is 13.0. The molecule has 1 atom stereocenters. The van der Waals surface area contributed by atoms with E-state index in [9.17, 15) is 14.7 Å². The van der Waals surface area contributed by atoms with Gasteiger partial charge in [0.25, 0.3) is 0 Å². The van der Waals surface area contributed by atoms with Gasteiger partial charge in [-0.05, 0) is 88.8 Å². The SMILES string of the molecule is CC(CCCCc1ccc(/C=C\c2ccc(CCCCC(C)(C)C(=O)O)s2)s1)C(=O)O. The molecular formula is C25H34O4S2. The summed E-state index contributed by atoms with van der Waals surface area (Å²) in [5, 5.41) is 18.1. The highest BCUT2D eigenvalue weighted by Crippen LogP contribution is 2.27. The van der Waals surface area contributed by atoms with Crippen molar-refractivity contribution in [3.8, 4) is 0 Å². The predicted octanol–water partition coefficient (Wildman–Crippen LogP) is 7.24. The van der Waals surface area contributed by atoms with Gasteiger partial charge in [0, 0.05) is 19.5 Å². The lowest BCUT2D eigenvalue weighted by Gasteiger charge is -2.18. The molecule has 0 aliphatic rings.